The van der Waals surface area contributed by atoms with Gasteiger partial charge in [-0.2, -0.15) is 0 Å². The van der Waals surface area contributed by atoms with E-state index in [1.807, 2.05) is 6.92 Å². The van der Waals surface area contributed by atoms with Gasteiger partial charge in [0.25, 0.3) is 0 Å². The molecule has 2 heterocycles. The van der Waals surface area contributed by atoms with Crippen molar-refractivity contribution in [1.29, 1.82) is 0 Å². The molecule has 0 bridgehead atoms. The number of rotatable bonds is 1. The first-order chi connectivity index (χ1) is 8.93. The summed E-state index contributed by atoms with van der Waals surface area (Å²) in [5, 5.41) is 4.26. The smallest absolute Gasteiger partial charge is 0.161 e. The normalized spacial score (nSPS) is 28.0. The van der Waals surface area contributed by atoms with Crippen LogP contribution in [0.25, 0.3) is 0 Å². The van der Waals surface area contributed by atoms with Gasteiger partial charge in [-0.05, 0) is 31.0 Å². The third kappa shape index (κ3) is 2.65. The van der Waals surface area contributed by atoms with Gasteiger partial charge < -0.3 is 5.32 Å². The maximum absolute atomic E-state index is 11.5. The predicted molar refractivity (Wildman–Crippen MR) is 80.8 cm³/mol. The van der Waals surface area contributed by atoms with Gasteiger partial charge in [0.2, 0.25) is 0 Å². The Labute approximate surface area is 117 Å². The Bertz CT molecular complexity index is 653. The molecule has 1 aromatic carbocycles. The number of nitrogens with one attached hydrogen (secondary N) is 1. The maximum Gasteiger partial charge on any atom is 0.161 e. The molecule has 0 saturated carbocycles. The molecular weight excluding hydrogens is 280 g/mol. The van der Waals surface area contributed by atoms with E-state index in [1.54, 1.807) is 11.8 Å². The Morgan fingerprint density at radius 2 is 2.11 bits per heavy atom. The minimum atomic E-state index is -2.87. The number of aryl methyl sites for hydroxylation is 2. The summed E-state index contributed by atoms with van der Waals surface area (Å²) in [5.74, 6) is 0.451. The second kappa shape index (κ2) is 4.52. The van der Waals surface area contributed by atoms with E-state index in [1.165, 1.54) is 11.1 Å². The van der Waals surface area contributed by atoms with Crippen LogP contribution in [0, 0.1) is 13.8 Å². The van der Waals surface area contributed by atoms with Crippen LogP contribution < -0.4 is 5.32 Å². The molecule has 1 aromatic rings. The first kappa shape index (κ1) is 13.0. The number of hydrogen-bond acceptors (Lipinski definition) is 5. The summed E-state index contributed by atoms with van der Waals surface area (Å²) in [6, 6.07) is 6.17. The first-order valence-electron chi connectivity index (χ1n) is 6.22. The van der Waals surface area contributed by atoms with Gasteiger partial charge in [0.15, 0.2) is 15.0 Å². The summed E-state index contributed by atoms with van der Waals surface area (Å²) in [5.41, 5.74) is 3.41. The zero-order valence-electron chi connectivity index (χ0n) is 10.9. The van der Waals surface area contributed by atoms with E-state index in [9.17, 15) is 8.42 Å². The Balaban J connectivity index is 1.78. The fraction of sp³-hybridized carbons (Fsp3) is 0.462. The highest BCUT2D eigenvalue weighted by Gasteiger charge is 2.42. The van der Waals surface area contributed by atoms with Crippen LogP contribution in [-0.2, 0) is 9.84 Å². The van der Waals surface area contributed by atoms with E-state index < -0.39 is 9.84 Å². The molecule has 1 N–H and O–H groups in total. The molecule has 4 nitrogen and oxygen atoms in total. The zero-order chi connectivity index (χ0) is 13.6. The SMILES string of the molecule is Cc1ccc(C)c(NC2=N[C@@H]3CS(=O)(=O)C[C@@H]3S2)c1. The van der Waals surface area contributed by atoms with Gasteiger partial charge in [0.1, 0.15) is 0 Å². The van der Waals surface area contributed by atoms with Gasteiger partial charge in [-0.1, -0.05) is 23.9 Å². The zero-order valence-corrected chi connectivity index (χ0v) is 12.5. The number of thioether (sulfide) groups is 1. The van der Waals surface area contributed by atoms with E-state index in [2.05, 4.69) is 35.4 Å². The quantitative estimate of drug-likeness (QED) is 0.861. The predicted octanol–water partition coefficient (Wildman–Crippen LogP) is 1.98. The molecule has 3 rings (SSSR count). The molecule has 0 spiro atoms. The summed E-state index contributed by atoms with van der Waals surface area (Å²) >= 11 is 1.55. The fourth-order valence-corrected chi connectivity index (χ4v) is 6.07. The van der Waals surface area contributed by atoms with Crippen LogP contribution in [0.15, 0.2) is 23.2 Å². The van der Waals surface area contributed by atoms with E-state index in [0.717, 1.165) is 10.9 Å². The maximum atomic E-state index is 11.5. The van der Waals surface area contributed by atoms with Gasteiger partial charge >= 0.3 is 0 Å². The molecule has 6 heteroatoms. The van der Waals surface area contributed by atoms with Gasteiger partial charge in [0.05, 0.1) is 17.5 Å². The number of nitrogens with zero attached hydrogens (tertiary/aromatic N) is 1. The molecule has 0 unspecified atom stereocenters. The number of fused-ring (bicyclic) bond motifs is 1. The highest BCUT2D eigenvalue weighted by atomic mass is 32.2. The van der Waals surface area contributed by atoms with E-state index in [0.29, 0.717) is 0 Å². The van der Waals surface area contributed by atoms with Crippen LogP contribution in [0.3, 0.4) is 0 Å². The van der Waals surface area contributed by atoms with Crippen molar-refractivity contribution in [3.05, 3.63) is 29.3 Å². The molecule has 0 aromatic heterocycles. The number of sulfone groups is 1. The van der Waals surface area contributed by atoms with Crippen LogP contribution >= 0.6 is 11.8 Å². The number of hydrogen-bond donors (Lipinski definition) is 1. The van der Waals surface area contributed by atoms with Gasteiger partial charge in [-0.15, -0.1) is 0 Å². The van der Waals surface area contributed by atoms with E-state index in [-0.39, 0.29) is 22.8 Å². The Hall–Kier alpha value is -1.01. The highest BCUT2D eigenvalue weighted by molar-refractivity contribution is 8.15. The summed E-state index contributed by atoms with van der Waals surface area (Å²) in [7, 11) is -2.87. The van der Waals surface area contributed by atoms with E-state index >= 15 is 0 Å². The van der Waals surface area contributed by atoms with Crippen molar-refractivity contribution < 1.29 is 8.42 Å². The van der Waals surface area contributed by atoms with Crippen LogP contribution in [-0.4, -0.2) is 36.4 Å². The highest BCUT2D eigenvalue weighted by Crippen LogP contribution is 2.34. The van der Waals surface area contributed by atoms with Crippen molar-refractivity contribution in [2.24, 2.45) is 4.99 Å². The molecule has 1 fully saturated rings. The Morgan fingerprint density at radius 3 is 2.84 bits per heavy atom. The summed E-state index contributed by atoms with van der Waals surface area (Å²) in [4.78, 5) is 4.50. The molecule has 0 aliphatic carbocycles. The lowest BCUT2D eigenvalue weighted by Gasteiger charge is -2.10. The first-order valence-corrected chi connectivity index (χ1v) is 8.92. The number of aliphatic imine (C=N–C) groups is 1. The van der Waals surface area contributed by atoms with Crippen molar-refractivity contribution in [3.63, 3.8) is 0 Å². The number of benzene rings is 1. The fourth-order valence-electron chi connectivity index (χ4n) is 2.40. The van der Waals surface area contributed by atoms with Crippen LogP contribution in [0.1, 0.15) is 11.1 Å². The lowest BCUT2D eigenvalue weighted by Crippen LogP contribution is -2.13. The molecule has 2 atom stereocenters. The summed E-state index contributed by atoms with van der Waals surface area (Å²) in [6.07, 6.45) is 0. The molecule has 0 radical (unpaired) electrons. The summed E-state index contributed by atoms with van der Waals surface area (Å²) < 4.78 is 23.0. The van der Waals surface area contributed by atoms with Gasteiger partial charge in [-0.25, -0.2) is 8.42 Å². The van der Waals surface area contributed by atoms with E-state index in [4.69, 9.17) is 0 Å². The molecule has 102 valence electrons. The van der Waals surface area contributed by atoms with Crippen LogP contribution in [0.4, 0.5) is 5.69 Å². The topological polar surface area (TPSA) is 58.5 Å². The van der Waals surface area contributed by atoms with Crippen molar-refractivity contribution in [2.45, 2.75) is 25.1 Å². The largest absolute Gasteiger partial charge is 0.335 e. The van der Waals surface area contributed by atoms with Gasteiger partial charge in [0, 0.05) is 10.9 Å². The molecular formula is C13H16N2O2S2. The van der Waals surface area contributed by atoms with Gasteiger partial charge in [-0.3, -0.25) is 4.99 Å². The number of amidine groups is 1. The molecule has 1 saturated heterocycles. The van der Waals surface area contributed by atoms with Crippen molar-refractivity contribution >= 4 is 32.5 Å². The molecule has 2 aliphatic heterocycles. The van der Waals surface area contributed by atoms with Crippen molar-refractivity contribution in [3.8, 4) is 0 Å². The van der Waals surface area contributed by atoms with Crippen LogP contribution in [0.2, 0.25) is 0 Å². The van der Waals surface area contributed by atoms with Crippen molar-refractivity contribution in [2.75, 3.05) is 16.8 Å². The molecule has 19 heavy (non-hydrogen) atoms. The average Bonchev–Trinajstić information content (AvgIpc) is 2.76. The number of anilines is 1. The second-order valence-electron chi connectivity index (χ2n) is 5.18. The Morgan fingerprint density at radius 1 is 1.32 bits per heavy atom. The molecule has 2 aliphatic rings. The third-order valence-electron chi connectivity index (χ3n) is 3.45. The third-order valence-corrected chi connectivity index (χ3v) is 6.59. The van der Waals surface area contributed by atoms with Crippen LogP contribution in [0.5, 0.6) is 0 Å². The minimum Gasteiger partial charge on any atom is -0.335 e. The average molecular weight is 296 g/mol. The second-order valence-corrected chi connectivity index (χ2v) is 8.56. The standard InChI is InChI=1S/C13H16N2O2S2/c1-8-3-4-9(2)10(5-8)14-13-15-11-6-19(16,17)7-12(11)18-13/h3-5,11-12H,6-7H2,1-2H3,(H,14,15)/t11-,12+/m1/s1. The Kier molecular flexibility index (Phi) is 3.09. The monoisotopic (exact) mass is 296 g/mol. The lowest BCUT2D eigenvalue weighted by atomic mass is 10.1. The molecule has 0 amide bonds. The summed E-state index contributed by atoms with van der Waals surface area (Å²) in [6.45, 7) is 4.10. The minimum absolute atomic E-state index is 0.0670. The lowest BCUT2D eigenvalue weighted by molar-refractivity contribution is 0.601. The van der Waals surface area contributed by atoms with Crippen molar-refractivity contribution in [1.82, 2.24) is 0 Å².